The lowest BCUT2D eigenvalue weighted by atomic mass is 9.90. The number of ketones is 1. The van der Waals surface area contributed by atoms with Crippen molar-refractivity contribution in [3.05, 3.63) is 69.6 Å². The van der Waals surface area contributed by atoms with Crippen LogP contribution in [-0.2, 0) is 11.3 Å². The Morgan fingerprint density at radius 1 is 1.07 bits per heavy atom. The zero-order valence-electron chi connectivity index (χ0n) is 24.6. The number of hydrogen-bond acceptors (Lipinski definition) is 5. The largest absolute Gasteiger partial charge is 0.389 e. The van der Waals surface area contributed by atoms with E-state index in [0.717, 1.165) is 58.2 Å². The van der Waals surface area contributed by atoms with Gasteiger partial charge in [-0.3, -0.25) is 9.59 Å². The number of fused-ring (bicyclic) bond motifs is 2. The second kappa shape index (κ2) is 12.3. The van der Waals surface area contributed by atoms with Crippen LogP contribution in [0.4, 0.5) is 5.69 Å². The summed E-state index contributed by atoms with van der Waals surface area (Å²) in [5.74, 6) is 1.20. The highest BCUT2D eigenvalue weighted by molar-refractivity contribution is 6.07. The van der Waals surface area contributed by atoms with Crippen molar-refractivity contribution in [1.82, 2.24) is 4.57 Å². The van der Waals surface area contributed by atoms with Crippen molar-refractivity contribution in [3.8, 4) is 11.1 Å². The van der Waals surface area contributed by atoms with E-state index in [1.54, 1.807) is 24.6 Å². The van der Waals surface area contributed by atoms with Gasteiger partial charge in [0.2, 0.25) is 0 Å². The summed E-state index contributed by atoms with van der Waals surface area (Å²) in [4.78, 5) is 31.0. The van der Waals surface area contributed by atoms with Gasteiger partial charge >= 0.3 is 0 Å². The third-order valence-electron chi connectivity index (χ3n) is 7.72. The quantitative estimate of drug-likeness (QED) is 0.271. The number of amidine groups is 1. The number of nitrogens with zero attached hydrogens (tertiary/aromatic N) is 2. The van der Waals surface area contributed by atoms with Crippen molar-refractivity contribution in [2.75, 3.05) is 0 Å². The highest BCUT2D eigenvalue weighted by Gasteiger charge is 2.20. The topological polar surface area (TPSA) is 97.7 Å². The van der Waals surface area contributed by atoms with E-state index in [-0.39, 0.29) is 17.9 Å². The van der Waals surface area contributed by atoms with Gasteiger partial charge in [-0.25, -0.2) is 4.99 Å². The number of rotatable bonds is 11. The molecule has 2 heterocycles. The maximum Gasteiger partial charge on any atom is 0.258 e. The molecule has 3 aromatic rings. The van der Waals surface area contributed by atoms with Crippen LogP contribution in [0.2, 0.25) is 0 Å². The molecule has 6 nitrogen and oxygen atoms in total. The van der Waals surface area contributed by atoms with Crippen LogP contribution in [0.25, 0.3) is 28.0 Å². The van der Waals surface area contributed by atoms with Gasteiger partial charge in [0.05, 0.1) is 17.8 Å². The summed E-state index contributed by atoms with van der Waals surface area (Å²) >= 11 is 0. The van der Waals surface area contributed by atoms with E-state index in [0.29, 0.717) is 30.0 Å². The smallest absolute Gasteiger partial charge is 0.258 e. The molecule has 0 radical (unpaired) electrons. The fraction of sp³-hybridized carbons (Fsp3) is 0.441. The number of hydrogen-bond donors (Lipinski definition) is 2. The van der Waals surface area contributed by atoms with E-state index in [1.165, 1.54) is 12.8 Å². The van der Waals surface area contributed by atoms with Crippen LogP contribution < -0.4 is 11.3 Å². The molecule has 0 fully saturated rings. The van der Waals surface area contributed by atoms with E-state index >= 15 is 0 Å². The van der Waals surface area contributed by atoms with Gasteiger partial charge in [-0.15, -0.1) is 0 Å². The standard InChI is InChI=1S/C34H43N3O3/c1-6-8-23(9-7-2)10-13-31(38)27-18-29-22(3)16-26(19-30(29)36-32(35)20-27)24-11-12-28-25(17-24)14-15-37(33(28)39)21-34(4,5)40/h11-12,14-19,23,40H,6-10,13,20-21H2,1-5H3,(H2,35,36). The molecule has 0 amide bonds. The molecule has 0 saturated heterocycles. The van der Waals surface area contributed by atoms with Crippen LogP contribution in [0.15, 0.2) is 58.0 Å². The molecule has 212 valence electrons. The van der Waals surface area contributed by atoms with Gasteiger partial charge in [0, 0.05) is 35.6 Å². The molecule has 1 aliphatic rings. The number of nitrogens with two attached hydrogens (primary N) is 1. The highest BCUT2D eigenvalue weighted by atomic mass is 16.3. The Hall–Kier alpha value is -3.51. The Labute approximate surface area is 237 Å². The van der Waals surface area contributed by atoms with Gasteiger partial charge in [0.15, 0.2) is 5.78 Å². The van der Waals surface area contributed by atoms with Crippen LogP contribution in [0.3, 0.4) is 0 Å². The summed E-state index contributed by atoms with van der Waals surface area (Å²) in [5, 5.41) is 11.6. The Morgan fingerprint density at radius 2 is 1.80 bits per heavy atom. The van der Waals surface area contributed by atoms with Crippen LogP contribution in [0.5, 0.6) is 0 Å². The molecule has 0 saturated carbocycles. The molecule has 3 N–H and O–H groups in total. The van der Waals surface area contributed by atoms with Crippen molar-refractivity contribution in [2.45, 2.75) is 91.7 Å². The summed E-state index contributed by atoms with van der Waals surface area (Å²) in [5.41, 5.74) is 10.6. The normalized spacial score (nSPS) is 13.7. The Bertz CT molecular complexity index is 1520. The molecule has 40 heavy (non-hydrogen) atoms. The second-order valence-electron chi connectivity index (χ2n) is 11.9. The van der Waals surface area contributed by atoms with Crippen molar-refractivity contribution >= 4 is 34.2 Å². The molecule has 4 rings (SSSR count). The van der Waals surface area contributed by atoms with E-state index in [1.807, 2.05) is 43.3 Å². The molecule has 0 atom stereocenters. The third kappa shape index (κ3) is 6.97. The lowest BCUT2D eigenvalue weighted by Crippen LogP contribution is -2.32. The van der Waals surface area contributed by atoms with Crippen molar-refractivity contribution in [1.29, 1.82) is 0 Å². The molecule has 0 spiro atoms. The molecule has 6 heteroatoms. The molecule has 0 aliphatic carbocycles. The van der Waals surface area contributed by atoms with Crippen LogP contribution in [0.1, 0.15) is 83.8 Å². The molecule has 1 aliphatic heterocycles. The molecule has 1 aromatic heterocycles. The Balaban J connectivity index is 1.64. The summed E-state index contributed by atoms with van der Waals surface area (Å²) in [6.45, 7) is 10.0. The van der Waals surface area contributed by atoms with Crippen molar-refractivity contribution in [3.63, 3.8) is 0 Å². The number of aliphatic hydroxyl groups is 1. The molecular weight excluding hydrogens is 498 g/mol. The monoisotopic (exact) mass is 541 g/mol. The van der Waals surface area contributed by atoms with Crippen LogP contribution >= 0.6 is 0 Å². The maximum atomic E-state index is 13.3. The summed E-state index contributed by atoms with van der Waals surface area (Å²) < 4.78 is 1.55. The van der Waals surface area contributed by atoms with Crippen molar-refractivity contribution < 1.29 is 9.90 Å². The summed E-state index contributed by atoms with van der Waals surface area (Å²) in [6.07, 6.45) is 10.2. The lowest BCUT2D eigenvalue weighted by molar-refractivity contribution is -0.115. The first kappa shape index (κ1) is 29.5. The molecule has 0 unspecified atom stereocenters. The molecule has 0 bridgehead atoms. The minimum atomic E-state index is -0.982. The Kier molecular flexibility index (Phi) is 9.09. The number of carbonyl (C=O) groups excluding carboxylic acids is 1. The minimum absolute atomic E-state index is 0.125. The number of aliphatic imine (C=N–C) groups is 1. The number of Topliss-reactive ketones (excluding diaryl/α,β-unsaturated/α-hetero) is 1. The number of pyridine rings is 1. The zero-order chi connectivity index (χ0) is 29.0. The van der Waals surface area contributed by atoms with Crippen LogP contribution in [0, 0.1) is 12.8 Å². The summed E-state index contributed by atoms with van der Waals surface area (Å²) in [7, 11) is 0. The predicted octanol–water partition coefficient (Wildman–Crippen LogP) is 7.09. The minimum Gasteiger partial charge on any atom is -0.389 e. The first-order valence-electron chi connectivity index (χ1n) is 14.6. The first-order valence-corrected chi connectivity index (χ1v) is 14.6. The van der Waals surface area contributed by atoms with Gasteiger partial charge in [0.25, 0.3) is 5.56 Å². The van der Waals surface area contributed by atoms with E-state index in [2.05, 4.69) is 19.9 Å². The van der Waals surface area contributed by atoms with E-state index in [4.69, 9.17) is 10.7 Å². The van der Waals surface area contributed by atoms with E-state index < -0.39 is 5.60 Å². The van der Waals surface area contributed by atoms with Gasteiger partial charge in [-0.2, -0.15) is 0 Å². The zero-order valence-corrected chi connectivity index (χ0v) is 24.6. The predicted molar refractivity (Wildman–Crippen MR) is 166 cm³/mol. The third-order valence-corrected chi connectivity index (χ3v) is 7.72. The fourth-order valence-electron chi connectivity index (χ4n) is 5.77. The number of benzene rings is 2. The Morgan fingerprint density at radius 3 is 2.48 bits per heavy atom. The average Bonchev–Trinajstić information content (AvgIpc) is 3.06. The number of aryl methyl sites for hydroxylation is 1. The SMILES string of the molecule is CCCC(CCC)CCC(=O)C1=Cc2c(C)cc(-c3ccc4c(=O)n(CC(C)(C)O)ccc4c3)cc2N=C(N)C1. The average molecular weight is 542 g/mol. The maximum absolute atomic E-state index is 13.3. The number of aromatic nitrogens is 1. The van der Waals surface area contributed by atoms with E-state index in [9.17, 15) is 14.7 Å². The lowest BCUT2D eigenvalue weighted by Gasteiger charge is -2.19. The summed E-state index contributed by atoms with van der Waals surface area (Å²) in [6, 6.07) is 11.8. The highest BCUT2D eigenvalue weighted by Crippen LogP contribution is 2.35. The first-order chi connectivity index (χ1) is 19.0. The molecular formula is C34H43N3O3. The van der Waals surface area contributed by atoms with Gasteiger partial charge < -0.3 is 15.4 Å². The number of carbonyl (C=O) groups is 1. The molecule has 2 aromatic carbocycles. The van der Waals surface area contributed by atoms with Gasteiger partial charge in [0.1, 0.15) is 5.84 Å². The van der Waals surface area contributed by atoms with Gasteiger partial charge in [-0.1, -0.05) is 51.7 Å². The fourth-order valence-corrected chi connectivity index (χ4v) is 5.77. The van der Waals surface area contributed by atoms with Crippen LogP contribution in [-0.4, -0.2) is 26.9 Å². The van der Waals surface area contributed by atoms with Crippen molar-refractivity contribution in [2.24, 2.45) is 16.6 Å². The second-order valence-corrected chi connectivity index (χ2v) is 11.9. The van der Waals surface area contributed by atoms with Gasteiger partial charge in [-0.05, 0) is 85.5 Å².